The van der Waals surface area contributed by atoms with Gasteiger partial charge in [0.05, 0.1) is 11.3 Å². The van der Waals surface area contributed by atoms with E-state index in [2.05, 4.69) is 35.1 Å². The van der Waals surface area contributed by atoms with Crippen molar-refractivity contribution in [2.45, 2.75) is 108 Å². The van der Waals surface area contributed by atoms with Gasteiger partial charge in [-0.05, 0) is 51.2 Å². The summed E-state index contributed by atoms with van der Waals surface area (Å²) in [6, 6.07) is 8.06. The molecule has 0 saturated heterocycles. The number of rotatable bonds is 7. The third kappa shape index (κ3) is 22.1. The molecule has 1 aliphatic rings. The van der Waals surface area contributed by atoms with E-state index in [9.17, 15) is 8.42 Å². The quantitative estimate of drug-likeness (QED) is 0.324. The smallest absolute Gasteiger partial charge is 0.215 e. The third-order valence-electron chi connectivity index (χ3n) is 6.07. The Balaban J connectivity index is -0.000000479. The van der Waals surface area contributed by atoms with Crippen molar-refractivity contribution >= 4 is 26.7 Å². The topological polar surface area (TPSA) is 75.2 Å². The highest BCUT2D eigenvalue weighted by Gasteiger charge is 2.15. The monoisotopic (exact) mass is 592 g/mol. The molecule has 7 heteroatoms. The number of fused-ring (bicyclic) bond motifs is 1. The summed E-state index contributed by atoms with van der Waals surface area (Å²) < 4.78 is 24.0. The van der Waals surface area contributed by atoms with Crippen LogP contribution in [0.15, 0.2) is 49.1 Å². The number of nitrogens with one attached hydrogen (secondary N) is 1. The molecule has 2 aromatic rings. The molecule has 0 bridgehead atoms. The van der Waals surface area contributed by atoms with Gasteiger partial charge in [0.2, 0.25) is 10.0 Å². The zero-order valence-electron chi connectivity index (χ0n) is 28.6. The van der Waals surface area contributed by atoms with E-state index in [0.717, 1.165) is 40.8 Å². The van der Waals surface area contributed by atoms with Gasteiger partial charge in [0.15, 0.2) is 0 Å². The van der Waals surface area contributed by atoms with Crippen molar-refractivity contribution in [2.75, 3.05) is 31.3 Å². The van der Waals surface area contributed by atoms with Crippen LogP contribution in [-0.4, -0.2) is 44.8 Å². The molecule has 1 aliphatic carbocycles. The summed E-state index contributed by atoms with van der Waals surface area (Å²) in [4.78, 5) is 10.8. The SMILES string of the molecule is C/C=C/C.C=CCS(=O)(=O)NCCC.CC.CC.CCC1CCC(C)CC1.Cc1nc(N(C)C)c2ccccc2n1. The molecule has 1 heterocycles. The van der Waals surface area contributed by atoms with Crippen LogP contribution in [0.1, 0.15) is 107 Å². The average molecular weight is 593 g/mol. The molecular formula is C34H64N4O2S. The second-order valence-corrected chi connectivity index (χ2v) is 11.5. The summed E-state index contributed by atoms with van der Waals surface area (Å²) in [5, 5.41) is 1.10. The van der Waals surface area contributed by atoms with E-state index < -0.39 is 10.0 Å². The van der Waals surface area contributed by atoms with E-state index in [1.807, 2.05) is 111 Å². The lowest BCUT2D eigenvalue weighted by Crippen LogP contribution is -2.26. The van der Waals surface area contributed by atoms with Gasteiger partial charge in [-0.25, -0.2) is 23.1 Å². The van der Waals surface area contributed by atoms with Gasteiger partial charge >= 0.3 is 0 Å². The van der Waals surface area contributed by atoms with Crippen molar-refractivity contribution < 1.29 is 8.42 Å². The first kappa shape index (κ1) is 43.2. The van der Waals surface area contributed by atoms with Crippen LogP contribution in [0.25, 0.3) is 10.9 Å². The molecule has 0 aliphatic heterocycles. The Labute approximate surface area is 255 Å². The number of allylic oxidation sites excluding steroid dienone is 2. The fourth-order valence-corrected chi connectivity index (χ4v) is 4.67. The number of para-hydroxylation sites is 1. The number of hydrogen-bond acceptors (Lipinski definition) is 5. The summed E-state index contributed by atoms with van der Waals surface area (Å²) in [5.74, 6) is 3.89. The van der Waals surface area contributed by atoms with E-state index >= 15 is 0 Å². The van der Waals surface area contributed by atoms with E-state index in [0.29, 0.717) is 6.54 Å². The third-order valence-corrected chi connectivity index (χ3v) is 7.39. The summed E-state index contributed by atoms with van der Waals surface area (Å²) in [7, 11) is 0.927. The highest BCUT2D eigenvalue weighted by molar-refractivity contribution is 7.89. The van der Waals surface area contributed by atoms with Crippen molar-refractivity contribution in [2.24, 2.45) is 11.8 Å². The van der Waals surface area contributed by atoms with Crippen LogP contribution < -0.4 is 9.62 Å². The fourth-order valence-electron chi connectivity index (χ4n) is 3.72. The largest absolute Gasteiger partial charge is 0.362 e. The number of nitrogens with zero attached hydrogens (tertiary/aromatic N) is 3. The van der Waals surface area contributed by atoms with Crippen molar-refractivity contribution in [3.8, 4) is 0 Å². The number of anilines is 1. The molecule has 0 radical (unpaired) electrons. The second-order valence-electron chi connectivity index (χ2n) is 9.67. The Morgan fingerprint density at radius 3 is 1.95 bits per heavy atom. The summed E-state index contributed by atoms with van der Waals surface area (Å²) in [6.45, 7) is 24.4. The van der Waals surface area contributed by atoms with Crippen LogP contribution in [-0.2, 0) is 10.0 Å². The lowest BCUT2D eigenvalue weighted by atomic mass is 9.82. The van der Waals surface area contributed by atoms with Crippen LogP contribution in [0.5, 0.6) is 0 Å². The Morgan fingerprint density at radius 1 is 0.976 bits per heavy atom. The number of aryl methyl sites for hydroxylation is 1. The van der Waals surface area contributed by atoms with Crippen LogP contribution in [0.2, 0.25) is 0 Å². The Morgan fingerprint density at radius 2 is 1.51 bits per heavy atom. The van der Waals surface area contributed by atoms with Gasteiger partial charge < -0.3 is 4.90 Å². The molecule has 1 fully saturated rings. The van der Waals surface area contributed by atoms with Crippen molar-refractivity contribution in [1.82, 2.24) is 14.7 Å². The minimum Gasteiger partial charge on any atom is -0.362 e. The van der Waals surface area contributed by atoms with Crippen LogP contribution in [0, 0.1) is 18.8 Å². The van der Waals surface area contributed by atoms with Crippen molar-refractivity contribution in [1.29, 1.82) is 0 Å². The lowest BCUT2D eigenvalue weighted by Gasteiger charge is -2.24. The normalized spacial score (nSPS) is 15.6. The zero-order valence-corrected chi connectivity index (χ0v) is 29.4. The van der Waals surface area contributed by atoms with Gasteiger partial charge in [0, 0.05) is 26.0 Å². The van der Waals surface area contributed by atoms with Crippen LogP contribution in [0.4, 0.5) is 5.82 Å². The predicted molar refractivity (Wildman–Crippen MR) is 185 cm³/mol. The van der Waals surface area contributed by atoms with E-state index in [1.165, 1.54) is 38.2 Å². The van der Waals surface area contributed by atoms with E-state index in [-0.39, 0.29) is 5.75 Å². The molecule has 0 unspecified atom stereocenters. The molecule has 0 spiro atoms. The first-order valence-corrected chi connectivity index (χ1v) is 17.3. The summed E-state index contributed by atoms with van der Waals surface area (Å²) in [5.41, 5.74) is 1.00. The molecule has 238 valence electrons. The minimum absolute atomic E-state index is 0.00694. The van der Waals surface area contributed by atoms with Gasteiger partial charge in [-0.15, -0.1) is 6.58 Å². The molecule has 0 amide bonds. The summed E-state index contributed by atoms with van der Waals surface area (Å²) >= 11 is 0. The maximum atomic E-state index is 10.8. The van der Waals surface area contributed by atoms with Crippen molar-refractivity contribution in [3.05, 3.63) is 54.9 Å². The second kappa shape index (κ2) is 27.9. The molecule has 1 saturated carbocycles. The fraction of sp³-hybridized carbons (Fsp3) is 0.647. The molecule has 1 aromatic heterocycles. The first-order chi connectivity index (χ1) is 19.5. The Kier molecular flexibility index (Phi) is 29.4. The molecule has 6 nitrogen and oxygen atoms in total. The minimum atomic E-state index is -3.06. The molecule has 0 atom stereocenters. The van der Waals surface area contributed by atoms with Gasteiger partial charge in [0.25, 0.3) is 0 Å². The predicted octanol–water partition coefficient (Wildman–Crippen LogP) is 9.36. The molecule has 1 N–H and O–H groups in total. The molecule has 3 rings (SSSR count). The van der Waals surface area contributed by atoms with E-state index in [4.69, 9.17) is 0 Å². The highest BCUT2D eigenvalue weighted by Crippen LogP contribution is 2.29. The average Bonchev–Trinajstić information content (AvgIpc) is 2.99. The zero-order chi connectivity index (χ0) is 32.3. The summed E-state index contributed by atoms with van der Waals surface area (Å²) in [6.07, 6.45) is 13.6. The maximum Gasteiger partial charge on any atom is 0.215 e. The maximum absolute atomic E-state index is 10.8. The van der Waals surface area contributed by atoms with Crippen LogP contribution in [0.3, 0.4) is 0 Å². The number of benzene rings is 1. The van der Waals surface area contributed by atoms with E-state index in [1.54, 1.807) is 0 Å². The standard InChI is InChI=1S/C11H13N3.C9H18.C6H13NO2S.C4H8.2C2H6/c1-8-12-10-7-5-4-6-9(10)11(13-8)14(2)3;1-3-9-6-4-8(2)5-7-9;1-3-5-7-10(8,9)6-4-2;1-3-4-2;2*1-2/h4-7H,1-3H3;8-9H,3-7H2,1-2H3;4,7H,2-3,5-6H2,1H3;3-4H,1-2H3;2*1-2H3/b;;;4-3+;;. The number of hydrogen-bond donors (Lipinski definition) is 1. The Bertz CT molecular complexity index is 1010. The van der Waals surface area contributed by atoms with Crippen LogP contribution >= 0.6 is 0 Å². The van der Waals surface area contributed by atoms with Gasteiger partial charge in [0.1, 0.15) is 11.6 Å². The molecule has 1 aromatic carbocycles. The molecule has 41 heavy (non-hydrogen) atoms. The number of aromatic nitrogens is 2. The number of sulfonamides is 1. The highest BCUT2D eigenvalue weighted by atomic mass is 32.2. The van der Waals surface area contributed by atoms with Gasteiger partial charge in [-0.2, -0.15) is 0 Å². The van der Waals surface area contributed by atoms with Gasteiger partial charge in [-0.3, -0.25) is 0 Å². The lowest BCUT2D eigenvalue weighted by molar-refractivity contribution is 0.284. The van der Waals surface area contributed by atoms with Crippen molar-refractivity contribution in [3.63, 3.8) is 0 Å². The molecular weight excluding hydrogens is 528 g/mol. The van der Waals surface area contributed by atoms with Gasteiger partial charge in [-0.1, -0.05) is 111 Å². The first-order valence-electron chi connectivity index (χ1n) is 15.6. The Hall–Kier alpha value is -2.25.